The minimum atomic E-state index is -0.299. The van der Waals surface area contributed by atoms with Crippen molar-refractivity contribution in [2.45, 2.75) is 98.5 Å². The van der Waals surface area contributed by atoms with Crippen LogP contribution in [0.3, 0.4) is 0 Å². The third kappa shape index (κ3) is 2.76. The summed E-state index contributed by atoms with van der Waals surface area (Å²) >= 11 is 0. The van der Waals surface area contributed by atoms with E-state index in [-0.39, 0.29) is 16.9 Å². The molecule has 0 saturated heterocycles. The summed E-state index contributed by atoms with van der Waals surface area (Å²) in [4.78, 5) is 13.1. The largest absolute Gasteiger partial charge is 0.389 e. The molecule has 4 saturated carbocycles. The van der Waals surface area contributed by atoms with Gasteiger partial charge in [-0.2, -0.15) is 0 Å². The molecular formula is C29H44O2. The number of fused-ring (bicyclic) bond motifs is 7. The number of Topliss-reactive ketones (excluding diaryl/α,β-unsaturated/α-hetero) is 1. The first-order valence-electron chi connectivity index (χ1n) is 13.1. The Balaban J connectivity index is 1.56. The molecule has 2 heteroatoms. The second-order valence-corrected chi connectivity index (χ2v) is 12.9. The van der Waals surface area contributed by atoms with Crippen molar-refractivity contribution in [3.05, 3.63) is 23.8 Å². The van der Waals surface area contributed by atoms with Crippen LogP contribution in [0, 0.1) is 51.8 Å². The molecule has 2 nitrogen and oxygen atoms in total. The highest BCUT2D eigenvalue weighted by Gasteiger charge is 2.63. The van der Waals surface area contributed by atoms with Gasteiger partial charge in [-0.1, -0.05) is 45.9 Å². The number of carbonyl (C=O) groups excluding carboxylic acids is 1. The van der Waals surface area contributed by atoms with Gasteiger partial charge in [0.15, 0.2) is 0 Å². The first kappa shape index (κ1) is 21.9. The van der Waals surface area contributed by atoms with Gasteiger partial charge in [0.05, 0.1) is 6.10 Å². The van der Waals surface area contributed by atoms with Crippen LogP contribution in [0.4, 0.5) is 0 Å². The lowest BCUT2D eigenvalue weighted by Crippen LogP contribution is -2.59. The summed E-state index contributed by atoms with van der Waals surface area (Å²) in [6.45, 7) is 16.2. The molecule has 5 aliphatic carbocycles. The fourth-order valence-corrected chi connectivity index (χ4v) is 9.96. The summed E-state index contributed by atoms with van der Waals surface area (Å²) in [5.74, 6) is 3.99. The highest BCUT2D eigenvalue weighted by Crippen LogP contribution is 2.70. The average molecular weight is 425 g/mol. The molecule has 5 aliphatic rings. The second kappa shape index (κ2) is 7.05. The van der Waals surface area contributed by atoms with Crippen LogP contribution in [0.25, 0.3) is 0 Å². The van der Waals surface area contributed by atoms with Gasteiger partial charge in [0, 0.05) is 5.41 Å². The van der Waals surface area contributed by atoms with Gasteiger partial charge >= 0.3 is 0 Å². The molecule has 0 aromatic carbocycles. The van der Waals surface area contributed by atoms with E-state index in [1.54, 1.807) is 5.57 Å². The zero-order chi connectivity index (χ0) is 22.3. The van der Waals surface area contributed by atoms with Gasteiger partial charge in [-0.25, -0.2) is 0 Å². The second-order valence-electron chi connectivity index (χ2n) is 12.9. The Morgan fingerprint density at radius 3 is 2.32 bits per heavy atom. The summed E-state index contributed by atoms with van der Waals surface area (Å²) in [6.07, 6.45) is 12.5. The van der Waals surface area contributed by atoms with Crippen LogP contribution in [0.2, 0.25) is 0 Å². The molecule has 31 heavy (non-hydrogen) atoms. The monoisotopic (exact) mass is 424 g/mol. The van der Waals surface area contributed by atoms with E-state index in [0.29, 0.717) is 46.7 Å². The Morgan fingerprint density at radius 2 is 1.61 bits per heavy atom. The number of ketones is 1. The van der Waals surface area contributed by atoms with Gasteiger partial charge in [-0.3, -0.25) is 4.79 Å². The van der Waals surface area contributed by atoms with E-state index in [4.69, 9.17) is 0 Å². The summed E-state index contributed by atoms with van der Waals surface area (Å²) in [6, 6.07) is 0. The standard InChI is InChI=1S/C29H44O2/c1-17-9-15-29(20(4)30)16-11-23-21(26(29)18(17)2)7-8-25-27(5)14-12-24(31)19(3)22(27)10-13-28(23,25)6/h7,17-18,22-26,31H,3,8-16H2,1-2,4-6H3/t17-,18+,22?,23?,24+,25?,26?,27+,28+,29-/m1/s1. The molecule has 5 rings (SSSR count). The predicted molar refractivity (Wildman–Crippen MR) is 126 cm³/mol. The van der Waals surface area contributed by atoms with Gasteiger partial charge in [0.25, 0.3) is 0 Å². The minimum Gasteiger partial charge on any atom is -0.389 e. The Labute approximate surface area is 190 Å². The summed E-state index contributed by atoms with van der Waals surface area (Å²) in [7, 11) is 0. The normalized spacial score (nSPS) is 54.1. The molecule has 0 amide bonds. The van der Waals surface area contributed by atoms with E-state index < -0.39 is 0 Å². The van der Waals surface area contributed by atoms with E-state index in [2.05, 4.69) is 40.3 Å². The Bertz CT molecular complexity index is 825. The van der Waals surface area contributed by atoms with Gasteiger partial charge in [-0.05, 0) is 117 Å². The van der Waals surface area contributed by atoms with Crippen molar-refractivity contribution < 1.29 is 9.90 Å². The van der Waals surface area contributed by atoms with Crippen LogP contribution >= 0.6 is 0 Å². The Morgan fingerprint density at radius 1 is 1.00 bits per heavy atom. The first-order chi connectivity index (χ1) is 14.6. The Kier molecular flexibility index (Phi) is 4.99. The maximum absolute atomic E-state index is 13.1. The summed E-state index contributed by atoms with van der Waals surface area (Å²) in [5.41, 5.74) is 3.27. The molecule has 0 aromatic heterocycles. The summed E-state index contributed by atoms with van der Waals surface area (Å²) in [5, 5.41) is 10.5. The highest BCUT2D eigenvalue weighted by molar-refractivity contribution is 5.83. The average Bonchev–Trinajstić information content (AvgIpc) is 2.73. The van der Waals surface area contributed by atoms with Crippen LogP contribution in [-0.4, -0.2) is 17.0 Å². The lowest BCUT2D eigenvalue weighted by atomic mass is 9.38. The van der Waals surface area contributed by atoms with Crippen LogP contribution in [0.5, 0.6) is 0 Å². The zero-order valence-corrected chi connectivity index (χ0v) is 20.5. The maximum Gasteiger partial charge on any atom is 0.136 e. The molecule has 0 aliphatic heterocycles. The number of hydrogen-bond acceptors (Lipinski definition) is 2. The number of hydrogen-bond donors (Lipinski definition) is 1. The molecule has 0 aromatic rings. The molecule has 172 valence electrons. The van der Waals surface area contributed by atoms with Crippen molar-refractivity contribution in [1.29, 1.82) is 0 Å². The van der Waals surface area contributed by atoms with Crippen LogP contribution in [-0.2, 0) is 4.79 Å². The van der Waals surface area contributed by atoms with Crippen molar-refractivity contribution in [3.8, 4) is 0 Å². The molecule has 4 unspecified atom stereocenters. The summed E-state index contributed by atoms with van der Waals surface area (Å²) < 4.78 is 0. The highest BCUT2D eigenvalue weighted by atomic mass is 16.3. The zero-order valence-electron chi connectivity index (χ0n) is 20.5. The van der Waals surface area contributed by atoms with Crippen LogP contribution < -0.4 is 0 Å². The Hall–Kier alpha value is -0.890. The van der Waals surface area contributed by atoms with E-state index in [0.717, 1.165) is 37.7 Å². The number of aliphatic hydroxyl groups is 1. The molecule has 1 N–H and O–H groups in total. The maximum atomic E-state index is 13.1. The smallest absolute Gasteiger partial charge is 0.136 e. The van der Waals surface area contributed by atoms with Crippen molar-refractivity contribution in [3.63, 3.8) is 0 Å². The van der Waals surface area contributed by atoms with Gasteiger partial charge in [0.2, 0.25) is 0 Å². The van der Waals surface area contributed by atoms with Crippen LogP contribution in [0.15, 0.2) is 23.8 Å². The lowest BCUT2D eigenvalue weighted by molar-refractivity contribution is -0.145. The van der Waals surface area contributed by atoms with Crippen LogP contribution in [0.1, 0.15) is 92.4 Å². The van der Waals surface area contributed by atoms with Gasteiger partial charge in [0.1, 0.15) is 5.78 Å². The molecule has 0 spiro atoms. The number of aliphatic hydroxyl groups excluding tert-OH is 1. The van der Waals surface area contributed by atoms with E-state index in [1.807, 2.05) is 6.92 Å². The molecule has 4 fully saturated rings. The fourth-order valence-electron chi connectivity index (χ4n) is 9.96. The molecule has 0 radical (unpaired) electrons. The third-order valence-corrected chi connectivity index (χ3v) is 12.0. The SMILES string of the molecule is C=C1C2CC[C@@]3(C)C4CC[C@@]5(C(C)=O)CC[C@@H](C)[C@H](C)C5C4=CCC3[C@@]2(C)CC[C@@H]1O. The third-order valence-electron chi connectivity index (χ3n) is 12.0. The molecule has 0 bridgehead atoms. The van der Waals surface area contributed by atoms with Gasteiger partial charge < -0.3 is 5.11 Å². The van der Waals surface area contributed by atoms with Crippen molar-refractivity contribution in [1.82, 2.24) is 0 Å². The number of carbonyl (C=O) groups is 1. The number of rotatable bonds is 1. The predicted octanol–water partition coefficient (Wildman–Crippen LogP) is 6.73. The van der Waals surface area contributed by atoms with Gasteiger partial charge in [-0.15, -0.1) is 0 Å². The first-order valence-corrected chi connectivity index (χ1v) is 13.1. The fraction of sp³-hybridized carbons (Fsp3) is 0.828. The van der Waals surface area contributed by atoms with Crippen molar-refractivity contribution in [2.24, 2.45) is 51.8 Å². The minimum absolute atomic E-state index is 0.0954. The topological polar surface area (TPSA) is 37.3 Å². The quantitative estimate of drug-likeness (QED) is 0.474. The molecule has 0 heterocycles. The van der Waals surface area contributed by atoms with E-state index in [9.17, 15) is 9.90 Å². The molecule has 10 atom stereocenters. The van der Waals surface area contributed by atoms with Crippen molar-refractivity contribution in [2.75, 3.05) is 0 Å². The molecular weight excluding hydrogens is 380 g/mol. The lowest BCUT2D eigenvalue weighted by Gasteiger charge is -2.66. The van der Waals surface area contributed by atoms with E-state index in [1.165, 1.54) is 25.7 Å². The van der Waals surface area contributed by atoms with Crippen molar-refractivity contribution >= 4 is 5.78 Å². The number of allylic oxidation sites excluding steroid dienone is 2. The van der Waals surface area contributed by atoms with E-state index >= 15 is 0 Å².